The second kappa shape index (κ2) is 8.16. The van der Waals surface area contributed by atoms with Crippen LogP contribution in [0, 0.1) is 0 Å². The van der Waals surface area contributed by atoms with Crippen LogP contribution >= 0.6 is 0 Å². The molecule has 0 spiro atoms. The summed E-state index contributed by atoms with van der Waals surface area (Å²) in [4.78, 5) is 13.8. The summed E-state index contributed by atoms with van der Waals surface area (Å²) in [6.07, 6.45) is 2.34. The molecule has 0 saturated carbocycles. The predicted octanol–water partition coefficient (Wildman–Crippen LogP) is 2.32. The van der Waals surface area contributed by atoms with Crippen molar-refractivity contribution >= 4 is 31.3 Å². The monoisotopic (exact) mass is 437 g/mol. The molecular weight excluding hydrogens is 414 g/mol. The number of carbonyl (C=O) groups is 1. The maximum Gasteiger partial charge on any atom is 0.337 e. The molecule has 1 aliphatic rings. The summed E-state index contributed by atoms with van der Waals surface area (Å²) in [6, 6.07) is 12.3. The van der Waals surface area contributed by atoms with Crippen LogP contribution in [0.1, 0.15) is 23.2 Å². The van der Waals surface area contributed by atoms with Crippen molar-refractivity contribution in [1.82, 2.24) is 0 Å². The molecule has 0 aromatic heterocycles. The van der Waals surface area contributed by atoms with Crippen molar-refractivity contribution < 1.29 is 26.4 Å². The summed E-state index contributed by atoms with van der Waals surface area (Å²) >= 11 is 0. The van der Waals surface area contributed by atoms with E-state index in [1.807, 2.05) is 4.90 Å². The molecule has 0 bridgehead atoms. The summed E-state index contributed by atoms with van der Waals surface area (Å²) in [7, 11) is -5.68. The Labute approximate surface area is 171 Å². The Morgan fingerprint density at radius 2 is 1.72 bits per heavy atom. The fourth-order valence-electron chi connectivity index (χ4n) is 3.43. The molecule has 7 nitrogen and oxygen atoms in total. The van der Waals surface area contributed by atoms with E-state index in [2.05, 4.69) is 4.74 Å². The van der Waals surface area contributed by atoms with Crippen LogP contribution in [0.25, 0.3) is 0 Å². The van der Waals surface area contributed by atoms with E-state index in [0.717, 1.165) is 6.26 Å². The van der Waals surface area contributed by atoms with E-state index in [4.69, 9.17) is 0 Å². The Morgan fingerprint density at radius 1 is 1.03 bits per heavy atom. The van der Waals surface area contributed by atoms with Crippen LogP contribution in [0.3, 0.4) is 0 Å². The third kappa shape index (κ3) is 4.62. The number of hydrogen-bond acceptors (Lipinski definition) is 7. The first-order valence-electron chi connectivity index (χ1n) is 9.10. The lowest BCUT2D eigenvalue weighted by Crippen LogP contribution is -2.42. The van der Waals surface area contributed by atoms with E-state index >= 15 is 0 Å². The third-order valence-electron chi connectivity index (χ3n) is 5.03. The molecule has 1 heterocycles. The lowest BCUT2D eigenvalue weighted by molar-refractivity contribution is 0.0600. The highest BCUT2D eigenvalue weighted by Crippen LogP contribution is 2.28. The Hall–Kier alpha value is -2.39. The summed E-state index contributed by atoms with van der Waals surface area (Å²) in [5.41, 5.74) is 0.975. The van der Waals surface area contributed by atoms with Gasteiger partial charge in [0.15, 0.2) is 19.7 Å². The SMILES string of the molecule is COC(=O)c1ccc(S(=O)(=O)C2CCCN(c3cccc(S(C)(=O)=O)c3)C2)cc1. The van der Waals surface area contributed by atoms with Crippen molar-refractivity contribution in [2.75, 3.05) is 31.4 Å². The minimum Gasteiger partial charge on any atom is -0.465 e. The van der Waals surface area contributed by atoms with E-state index < -0.39 is 30.9 Å². The van der Waals surface area contributed by atoms with Gasteiger partial charge in [-0.15, -0.1) is 0 Å². The van der Waals surface area contributed by atoms with Gasteiger partial charge >= 0.3 is 5.97 Å². The molecule has 1 fully saturated rings. The predicted molar refractivity (Wildman–Crippen MR) is 110 cm³/mol. The van der Waals surface area contributed by atoms with Gasteiger partial charge in [0.25, 0.3) is 0 Å². The van der Waals surface area contributed by atoms with Gasteiger partial charge in [-0.05, 0) is 55.3 Å². The van der Waals surface area contributed by atoms with Crippen molar-refractivity contribution in [2.45, 2.75) is 27.9 Å². The van der Waals surface area contributed by atoms with Gasteiger partial charge < -0.3 is 9.64 Å². The van der Waals surface area contributed by atoms with Crippen LogP contribution in [0.2, 0.25) is 0 Å². The van der Waals surface area contributed by atoms with E-state index in [1.54, 1.807) is 18.2 Å². The number of anilines is 1. The van der Waals surface area contributed by atoms with Crippen molar-refractivity contribution in [2.24, 2.45) is 0 Å². The molecule has 2 aromatic carbocycles. The second-order valence-corrected chi connectivity index (χ2v) is 11.3. The smallest absolute Gasteiger partial charge is 0.337 e. The average Bonchev–Trinajstić information content (AvgIpc) is 2.73. The molecule has 0 aliphatic carbocycles. The molecule has 9 heteroatoms. The third-order valence-corrected chi connectivity index (χ3v) is 8.33. The van der Waals surface area contributed by atoms with Gasteiger partial charge in [0, 0.05) is 25.0 Å². The molecule has 1 saturated heterocycles. The van der Waals surface area contributed by atoms with Gasteiger partial charge in [-0.25, -0.2) is 21.6 Å². The second-order valence-electron chi connectivity index (χ2n) is 7.04. The first-order valence-corrected chi connectivity index (χ1v) is 12.5. The molecule has 0 amide bonds. The molecule has 2 aromatic rings. The number of ether oxygens (including phenoxy) is 1. The first-order chi connectivity index (χ1) is 13.6. The van der Waals surface area contributed by atoms with Crippen LogP contribution in [0.15, 0.2) is 58.3 Å². The fraction of sp³-hybridized carbons (Fsp3) is 0.350. The largest absolute Gasteiger partial charge is 0.465 e. The summed E-state index contributed by atoms with van der Waals surface area (Å²) in [5.74, 6) is -0.524. The number of methoxy groups -OCH3 is 1. The van der Waals surface area contributed by atoms with E-state index in [-0.39, 0.29) is 21.9 Å². The molecule has 1 atom stereocenters. The van der Waals surface area contributed by atoms with Crippen LogP contribution in [0.5, 0.6) is 0 Å². The van der Waals surface area contributed by atoms with Gasteiger partial charge in [0.2, 0.25) is 0 Å². The zero-order valence-corrected chi connectivity index (χ0v) is 17.9. The van der Waals surface area contributed by atoms with Gasteiger partial charge in [-0.2, -0.15) is 0 Å². The van der Waals surface area contributed by atoms with Gasteiger partial charge in [0.1, 0.15) is 0 Å². The highest BCUT2D eigenvalue weighted by molar-refractivity contribution is 7.92. The van der Waals surface area contributed by atoms with Crippen molar-refractivity contribution in [1.29, 1.82) is 0 Å². The molecule has 0 N–H and O–H groups in total. The number of esters is 1. The number of hydrogen-bond donors (Lipinski definition) is 0. The lowest BCUT2D eigenvalue weighted by atomic mass is 10.1. The fourth-order valence-corrected chi connectivity index (χ4v) is 5.84. The highest BCUT2D eigenvalue weighted by atomic mass is 32.2. The number of sulfone groups is 2. The minimum absolute atomic E-state index is 0.155. The first kappa shape index (κ1) is 21.3. The van der Waals surface area contributed by atoms with Crippen LogP contribution in [-0.4, -0.2) is 54.5 Å². The van der Waals surface area contributed by atoms with Crippen LogP contribution < -0.4 is 4.90 Å². The van der Waals surface area contributed by atoms with Gasteiger partial charge in [-0.3, -0.25) is 0 Å². The van der Waals surface area contributed by atoms with E-state index in [9.17, 15) is 21.6 Å². The van der Waals surface area contributed by atoms with Crippen molar-refractivity contribution in [3.8, 4) is 0 Å². The zero-order chi connectivity index (χ0) is 21.2. The van der Waals surface area contributed by atoms with Crippen LogP contribution in [0.4, 0.5) is 5.69 Å². The number of piperidine rings is 1. The summed E-state index contributed by atoms with van der Waals surface area (Å²) in [6.45, 7) is 0.925. The Balaban J connectivity index is 1.84. The Kier molecular flexibility index (Phi) is 6.00. The molecular formula is C20H23NO6S2. The summed E-state index contributed by atoms with van der Waals surface area (Å²) < 4.78 is 54.5. The Morgan fingerprint density at radius 3 is 2.34 bits per heavy atom. The molecule has 3 rings (SSSR count). The van der Waals surface area contributed by atoms with E-state index in [0.29, 0.717) is 25.1 Å². The molecule has 1 unspecified atom stereocenters. The zero-order valence-electron chi connectivity index (χ0n) is 16.2. The van der Waals surface area contributed by atoms with Crippen LogP contribution in [-0.2, 0) is 24.4 Å². The number of rotatable bonds is 5. The van der Waals surface area contributed by atoms with Crippen molar-refractivity contribution in [3.05, 3.63) is 54.1 Å². The number of benzene rings is 2. The topological polar surface area (TPSA) is 97.8 Å². The quantitative estimate of drug-likeness (QED) is 0.662. The standard InChI is InChI=1S/C20H23NO6S2/c1-27-20(22)15-8-10-17(11-9-15)29(25,26)19-7-4-12-21(14-19)16-5-3-6-18(13-16)28(2,23)24/h3,5-6,8-11,13,19H,4,7,12,14H2,1-2H3. The molecule has 1 aliphatic heterocycles. The van der Waals surface area contributed by atoms with Gasteiger partial charge in [-0.1, -0.05) is 6.07 Å². The number of nitrogens with zero attached hydrogens (tertiary/aromatic N) is 1. The molecule has 0 radical (unpaired) electrons. The lowest BCUT2D eigenvalue weighted by Gasteiger charge is -2.34. The molecule has 29 heavy (non-hydrogen) atoms. The molecule has 156 valence electrons. The number of carbonyl (C=O) groups excluding carboxylic acids is 1. The van der Waals surface area contributed by atoms with Crippen molar-refractivity contribution in [3.63, 3.8) is 0 Å². The van der Waals surface area contributed by atoms with E-state index in [1.165, 1.54) is 37.4 Å². The minimum atomic E-state index is -3.60. The average molecular weight is 438 g/mol. The highest BCUT2D eigenvalue weighted by Gasteiger charge is 2.32. The maximum atomic E-state index is 13.1. The normalized spacial score (nSPS) is 17.7. The Bertz CT molecular complexity index is 1110. The maximum absolute atomic E-state index is 13.1. The van der Waals surface area contributed by atoms with Gasteiger partial charge in [0.05, 0.1) is 27.7 Å². The summed E-state index contributed by atoms with van der Waals surface area (Å²) in [5, 5.41) is -0.623.